The molecule has 0 amide bonds. The zero-order valence-electron chi connectivity index (χ0n) is 11.7. The Bertz CT molecular complexity index is 556. The molecule has 0 heterocycles. The smallest absolute Gasteiger partial charge is 0.240 e. The number of rotatable bonds is 8. The van der Waals surface area contributed by atoms with Gasteiger partial charge < -0.3 is 5.32 Å². The molecule has 1 fully saturated rings. The molecule has 1 aromatic carbocycles. The van der Waals surface area contributed by atoms with Crippen molar-refractivity contribution in [3.63, 3.8) is 0 Å². The number of halogens is 1. The van der Waals surface area contributed by atoms with Gasteiger partial charge in [-0.15, -0.1) is 0 Å². The second-order valence-corrected chi connectivity index (χ2v) is 7.34. The largest absolute Gasteiger partial charge is 0.313 e. The van der Waals surface area contributed by atoms with E-state index in [0.717, 1.165) is 18.5 Å². The Labute approximate surface area is 126 Å². The van der Waals surface area contributed by atoms with Crippen molar-refractivity contribution in [2.75, 3.05) is 13.1 Å². The average molecular weight is 317 g/mol. The predicted octanol–water partition coefficient (Wildman–Crippen LogP) is 2.53. The Hall–Kier alpha value is -0.620. The minimum atomic E-state index is -3.44. The van der Waals surface area contributed by atoms with Gasteiger partial charge in [-0.3, -0.25) is 0 Å². The van der Waals surface area contributed by atoms with Crippen molar-refractivity contribution in [2.24, 2.45) is 5.92 Å². The van der Waals surface area contributed by atoms with Crippen LogP contribution >= 0.6 is 11.6 Å². The molecular formula is C14H21ClN2O2S. The SMILES string of the molecule is CCNCc1ccc(S(=O)(=O)NCCC2CC2)cc1Cl. The van der Waals surface area contributed by atoms with E-state index >= 15 is 0 Å². The van der Waals surface area contributed by atoms with Crippen molar-refractivity contribution in [3.8, 4) is 0 Å². The van der Waals surface area contributed by atoms with Gasteiger partial charge in [-0.05, 0) is 36.6 Å². The van der Waals surface area contributed by atoms with E-state index in [1.807, 2.05) is 6.92 Å². The molecule has 4 nitrogen and oxygen atoms in total. The molecule has 112 valence electrons. The quantitative estimate of drug-likeness (QED) is 0.775. The van der Waals surface area contributed by atoms with Gasteiger partial charge in [0.05, 0.1) is 4.90 Å². The van der Waals surface area contributed by atoms with E-state index in [9.17, 15) is 8.42 Å². The van der Waals surface area contributed by atoms with Crippen molar-refractivity contribution >= 4 is 21.6 Å². The predicted molar refractivity (Wildman–Crippen MR) is 81.4 cm³/mol. The first-order valence-corrected chi connectivity index (χ1v) is 8.88. The second-order valence-electron chi connectivity index (χ2n) is 5.16. The molecule has 1 saturated carbocycles. The molecular weight excluding hydrogens is 296 g/mol. The lowest BCUT2D eigenvalue weighted by atomic mass is 10.2. The van der Waals surface area contributed by atoms with Crippen LogP contribution in [0, 0.1) is 5.92 Å². The highest BCUT2D eigenvalue weighted by molar-refractivity contribution is 7.89. The molecule has 6 heteroatoms. The third kappa shape index (κ3) is 4.45. The molecule has 0 unspecified atom stereocenters. The lowest BCUT2D eigenvalue weighted by molar-refractivity contribution is 0.575. The molecule has 20 heavy (non-hydrogen) atoms. The minimum Gasteiger partial charge on any atom is -0.313 e. The molecule has 1 aliphatic rings. The first-order chi connectivity index (χ1) is 9.53. The van der Waals surface area contributed by atoms with Gasteiger partial charge in [0, 0.05) is 18.1 Å². The molecule has 1 aliphatic carbocycles. The Kier molecular flexibility index (Phi) is 5.43. The van der Waals surface area contributed by atoms with E-state index < -0.39 is 10.0 Å². The number of nitrogens with one attached hydrogen (secondary N) is 2. The molecule has 0 spiro atoms. The summed E-state index contributed by atoms with van der Waals surface area (Å²) in [6.07, 6.45) is 3.38. The van der Waals surface area contributed by atoms with Crippen LogP contribution in [0.3, 0.4) is 0 Å². The van der Waals surface area contributed by atoms with E-state index in [2.05, 4.69) is 10.0 Å². The fourth-order valence-corrected chi connectivity index (χ4v) is 3.37. The van der Waals surface area contributed by atoms with Gasteiger partial charge in [-0.1, -0.05) is 37.4 Å². The monoisotopic (exact) mass is 316 g/mol. The maximum Gasteiger partial charge on any atom is 0.240 e. The lowest BCUT2D eigenvalue weighted by Gasteiger charge is -2.09. The molecule has 0 saturated heterocycles. The summed E-state index contributed by atoms with van der Waals surface area (Å²) in [6, 6.07) is 4.89. The molecule has 0 aliphatic heterocycles. The molecule has 0 atom stereocenters. The number of sulfonamides is 1. The van der Waals surface area contributed by atoms with Crippen molar-refractivity contribution < 1.29 is 8.42 Å². The maximum absolute atomic E-state index is 12.1. The van der Waals surface area contributed by atoms with Crippen molar-refractivity contribution in [1.29, 1.82) is 0 Å². The third-order valence-electron chi connectivity index (χ3n) is 3.44. The van der Waals surface area contributed by atoms with Gasteiger partial charge in [0.15, 0.2) is 0 Å². The summed E-state index contributed by atoms with van der Waals surface area (Å²) < 4.78 is 26.9. The molecule has 2 rings (SSSR count). The zero-order valence-corrected chi connectivity index (χ0v) is 13.2. The van der Waals surface area contributed by atoms with E-state index in [4.69, 9.17) is 11.6 Å². The summed E-state index contributed by atoms with van der Waals surface area (Å²) in [5.41, 5.74) is 0.908. The van der Waals surface area contributed by atoms with Crippen LogP contribution in [-0.2, 0) is 16.6 Å². The van der Waals surface area contributed by atoms with Gasteiger partial charge in [0.1, 0.15) is 0 Å². The van der Waals surface area contributed by atoms with Gasteiger partial charge in [-0.2, -0.15) is 0 Å². The van der Waals surface area contributed by atoms with E-state index in [0.29, 0.717) is 24.0 Å². The van der Waals surface area contributed by atoms with E-state index in [-0.39, 0.29) is 4.90 Å². The van der Waals surface area contributed by atoms with Crippen molar-refractivity contribution in [1.82, 2.24) is 10.0 Å². The summed E-state index contributed by atoms with van der Waals surface area (Å²) in [7, 11) is -3.44. The van der Waals surface area contributed by atoms with Gasteiger partial charge >= 0.3 is 0 Å². The van der Waals surface area contributed by atoms with E-state index in [1.165, 1.54) is 18.9 Å². The summed E-state index contributed by atoms with van der Waals surface area (Å²) in [5, 5.41) is 3.65. The molecule has 1 aromatic rings. The van der Waals surface area contributed by atoms with Crippen molar-refractivity contribution in [2.45, 2.75) is 37.6 Å². The van der Waals surface area contributed by atoms with Crippen LogP contribution in [0.2, 0.25) is 5.02 Å². The van der Waals surface area contributed by atoms with Crippen LogP contribution < -0.4 is 10.0 Å². The van der Waals surface area contributed by atoms with Crippen LogP contribution in [0.4, 0.5) is 0 Å². The second kappa shape index (κ2) is 6.89. The highest BCUT2D eigenvalue weighted by atomic mass is 35.5. The van der Waals surface area contributed by atoms with Crippen molar-refractivity contribution in [3.05, 3.63) is 28.8 Å². The van der Waals surface area contributed by atoms with Crippen LogP contribution in [0.15, 0.2) is 23.1 Å². The zero-order chi connectivity index (χ0) is 14.6. The lowest BCUT2D eigenvalue weighted by Crippen LogP contribution is -2.25. The van der Waals surface area contributed by atoms with Crippen LogP contribution in [0.25, 0.3) is 0 Å². The van der Waals surface area contributed by atoms with Gasteiger partial charge in [0.25, 0.3) is 0 Å². The topological polar surface area (TPSA) is 58.2 Å². The Morgan fingerprint density at radius 3 is 2.70 bits per heavy atom. The standard InChI is InChI=1S/C14H21ClN2O2S/c1-2-16-10-12-5-6-13(9-14(12)15)20(18,19)17-8-7-11-3-4-11/h5-6,9,11,16-17H,2-4,7-8,10H2,1H3. The summed E-state index contributed by atoms with van der Waals surface area (Å²) in [4.78, 5) is 0.235. The van der Waals surface area contributed by atoms with Gasteiger partial charge in [0.2, 0.25) is 10.0 Å². The van der Waals surface area contributed by atoms with Crippen LogP contribution in [-0.4, -0.2) is 21.5 Å². The minimum absolute atomic E-state index is 0.235. The van der Waals surface area contributed by atoms with Gasteiger partial charge in [-0.25, -0.2) is 13.1 Å². The Morgan fingerprint density at radius 2 is 2.10 bits per heavy atom. The fourth-order valence-electron chi connectivity index (χ4n) is 1.99. The summed E-state index contributed by atoms with van der Waals surface area (Å²) >= 11 is 6.13. The Balaban J connectivity index is 2.00. The normalized spacial score (nSPS) is 15.5. The molecule has 0 bridgehead atoms. The summed E-state index contributed by atoms with van der Waals surface area (Å²) in [6.45, 7) is 4.00. The first kappa shape index (κ1) is 15.8. The number of hydrogen-bond donors (Lipinski definition) is 2. The van der Waals surface area contributed by atoms with E-state index in [1.54, 1.807) is 12.1 Å². The molecule has 0 radical (unpaired) electrons. The Morgan fingerprint density at radius 1 is 1.35 bits per heavy atom. The average Bonchev–Trinajstić information content (AvgIpc) is 3.21. The van der Waals surface area contributed by atoms with Crippen LogP contribution in [0.5, 0.6) is 0 Å². The highest BCUT2D eigenvalue weighted by Crippen LogP contribution is 2.31. The van der Waals surface area contributed by atoms with Crippen LogP contribution in [0.1, 0.15) is 31.7 Å². The molecule has 0 aromatic heterocycles. The highest BCUT2D eigenvalue weighted by Gasteiger charge is 2.22. The summed E-state index contributed by atoms with van der Waals surface area (Å²) in [5.74, 6) is 0.712. The number of benzene rings is 1. The maximum atomic E-state index is 12.1. The first-order valence-electron chi connectivity index (χ1n) is 7.01. The fraction of sp³-hybridized carbons (Fsp3) is 0.571. The molecule has 2 N–H and O–H groups in total. The number of hydrogen-bond acceptors (Lipinski definition) is 3. The third-order valence-corrected chi connectivity index (χ3v) is 5.25.